The zero-order valence-electron chi connectivity index (χ0n) is 5.69. The third kappa shape index (κ3) is 0.714. The summed E-state index contributed by atoms with van der Waals surface area (Å²) < 4.78 is 5.02. The molecule has 0 radical (unpaired) electrons. The first kappa shape index (κ1) is 6.34. The second kappa shape index (κ2) is 1.81. The average molecular weight is 142 g/mol. The fraction of sp³-hybridized carbons (Fsp3) is 0.714. The van der Waals surface area contributed by atoms with Crippen LogP contribution in [-0.4, -0.2) is 34.6 Å². The molecule has 0 amide bonds. The molecule has 0 bridgehead atoms. The van der Waals surface area contributed by atoms with E-state index in [1.165, 1.54) is 0 Å². The molecule has 0 aromatic heterocycles. The molecule has 1 aliphatic heterocycles. The van der Waals surface area contributed by atoms with Crippen LogP contribution in [-0.2, 0) is 4.74 Å². The highest BCUT2D eigenvalue weighted by Gasteiger charge is 2.51. The Labute approximate surface area is 58.9 Å². The van der Waals surface area contributed by atoms with Gasteiger partial charge < -0.3 is 14.9 Å². The van der Waals surface area contributed by atoms with Crippen LogP contribution < -0.4 is 0 Å². The number of hydrogen-bond acceptors (Lipinski definition) is 3. The summed E-state index contributed by atoms with van der Waals surface area (Å²) in [5.74, 6) is 0. The van der Waals surface area contributed by atoms with Gasteiger partial charge in [0.2, 0.25) is 0 Å². The van der Waals surface area contributed by atoms with Crippen molar-refractivity contribution in [3.8, 4) is 0 Å². The molecule has 1 saturated heterocycles. The highest BCUT2D eigenvalue weighted by Crippen LogP contribution is 2.36. The summed E-state index contributed by atoms with van der Waals surface area (Å²) in [5, 5.41) is 18.5. The van der Waals surface area contributed by atoms with Gasteiger partial charge in [0.15, 0.2) is 0 Å². The molecule has 3 heteroatoms. The molecule has 10 heavy (non-hydrogen) atoms. The first-order valence-electron chi connectivity index (χ1n) is 3.40. The SMILES string of the molecule is CC1=C[C@@H](O)[C@H]2O[C@H]2[C@H]1O. The van der Waals surface area contributed by atoms with Gasteiger partial charge in [-0.1, -0.05) is 6.08 Å². The number of hydrogen-bond donors (Lipinski definition) is 2. The Morgan fingerprint density at radius 1 is 1.40 bits per heavy atom. The first-order chi connectivity index (χ1) is 4.70. The van der Waals surface area contributed by atoms with Gasteiger partial charge in [-0.3, -0.25) is 0 Å². The largest absolute Gasteiger partial charge is 0.386 e. The Hall–Kier alpha value is -0.380. The monoisotopic (exact) mass is 142 g/mol. The molecule has 0 aromatic carbocycles. The first-order valence-corrected chi connectivity index (χ1v) is 3.40. The molecule has 56 valence electrons. The molecular weight excluding hydrogens is 132 g/mol. The van der Waals surface area contributed by atoms with E-state index in [-0.39, 0.29) is 12.2 Å². The van der Waals surface area contributed by atoms with Crippen molar-refractivity contribution in [3.63, 3.8) is 0 Å². The average Bonchev–Trinajstić information content (AvgIpc) is 2.61. The summed E-state index contributed by atoms with van der Waals surface area (Å²) in [7, 11) is 0. The van der Waals surface area contributed by atoms with Crippen molar-refractivity contribution in [2.45, 2.75) is 31.3 Å². The number of ether oxygens (including phenoxy) is 1. The summed E-state index contributed by atoms with van der Waals surface area (Å²) in [4.78, 5) is 0. The van der Waals surface area contributed by atoms with E-state index >= 15 is 0 Å². The van der Waals surface area contributed by atoms with Gasteiger partial charge in [-0.2, -0.15) is 0 Å². The van der Waals surface area contributed by atoms with Crippen molar-refractivity contribution >= 4 is 0 Å². The Bertz CT molecular complexity index is 187. The Morgan fingerprint density at radius 3 is 2.80 bits per heavy atom. The highest BCUT2D eigenvalue weighted by molar-refractivity contribution is 5.22. The molecular formula is C7H10O3. The van der Waals surface area contributed by atoms with Crippen LogP contribution in [0.3, 0.4) is 0 Å². The van der Waals surface area contributed by atoms with Crippen LogP contribution in [0.15, 0.2) is 11.6 Å². The number of epoxide rings is 1. The maximum Gasteiger partial charge on any atom is 0.117 e. The van der Waals surface area contributed by atoms with Crippen LogP contribution in [0.4, 0.5) is 0 Å². The summed E-state index contributed by atoms with van der Waals surface area (Å²) in [6, 6.07) is 0. The van der Waals surface area contributed by atoms with Crippen molar-refractivity contribution in [2.75, 3.05) is 0 Å². The topological polar surface area (TPSA) is 53.0 Å². The van der Waals surface area contributed by atoms with Crippen LogP contribution in [0.5, 0.6) is 0 Å². The number of fused-ring (bicyclic) bond motifs is 1. The van der Waals surface area contributed by atoms with Crippen molar-refractivity contribution in [3.05, 3.63) is 11.6 Å². The third-order valence-electron chi connectivity index (χ3n) is 2.11. The van der Waals surface area contributed by atoms with Gasteiger partial charge in [-0.15, -0.1) is 0 Å². The zero-order chi connectivity index (χ0) is 7.30. The van der Waals surface area contributed by atoms with E-state index in [0.29, 0.717) is 0 Å². The summed E-state index contributed by atoms with van der Waals surface area (Å²) in [6.45, 7) is 1.80. The molecule has 3 nitrogen and oxygen atoms in total. The fourth-order valence-electron chi connectivity index (χ4n) is 1.39. The fourth-order valence-corrected chi connectivity index (χ4v) is 1.39. The maximum absolute atomic E-state index is 9.30. The smallest absolute Gasteiger partial charge is 0.117 e. The van der Waals surface area contributed by atoms with Crippen molar-refractivity contribution in [1.82, 2.24) is 0 Å². The van der Waals surface area contributed by atoms with E-state index in [1.54, 1.807) is 13.0 Å². The van der Waals surface area contributed by atoms with E-state index in [4.69, 9.17) is 4.74 Å². The Kier molecular flexibility index (Phi) is 1.15. The predicted molar refractivity (Wildman–Crippen MR) is 34.4 cm³/mol. The highest BCUT2D eigenvalue weighted by atomic mass is 16.6. The molecule has 2 aliphatic rings. The minimum absolute atomic E-state index is 0.139. The van der Waals surface area contributed by atoms with Gasteiger partial charge >= 0.3 is 0 Å². The lowest BCUT2D eigenvalue weighted by Gasteiger charge is -2.15. The van der Waals surface area contributed by atoms with Gasteiger partial charge in [0.05, 0.1) is 0 Å². The predicted octanol–water partition coefficient (Wildman–Crippen LogP) is -0.565. The lowest BCUT2D eigenvalue weighted by Crippen LogP contribution is -2.29. The van der Waals surface area contributed by atoms with Gasteiger partial charge in [-0.05, 0) is 12.5 Å². The second-order valence-electron chi connectivity index (χ2n) is 2.91. The van der Waals surface area contributed by atoms with Crippen molar-refractivity contribution < 1.29 is 14.9 Å². The molecule has 1 fully saturated rings. The third-order valence-corrected chi connectivity index (χ3v) is 2.11. The molecule has 0 unspecified atom stereocenters. The lowest BCUT2D eigenvalue weighted by atomic mass is 9.96. The molecule has 0 aromatic rings. The Morgan fingerprint density at radius 2 is 2.10 bits per heavy atom. The molecule has 0 saturated carbocycles. The summed E-state index contributed by atoms with van der Waals surface area (Å²) in [5.41, 5.74) is 0.811. The molecule has 2 N–H and O–H groups in total. The molecule has 0 spiro atoms. The van der Waals surface area contributed by atoms with Gasteiger partial charge in [0.1, 0.15) is 24.4 Å². The Balaban J connectivity index is 2.22. The van der Waals surface area contributed by atoms with Gasteiger partial charge in [-0.25, -0.2) is 0 Å². The number of rotatable bonds is 0. The van der Waals surface area contributed by atoms with E-state index < -0.39 is 12.2 Å². The molecule has 1 aliphatic carbocycles. The molecule has 1 heterocycles. The van der Waals surface area contributed by atoms with E-state index in [9.17, 15) is 10.2 Å². The summed E-state index contributed by atoms with van der Waals surface area (Å²) >= 11 is 0. The molecule has 2 rings (SSSR count). The van der Waals surface area contributed by atoms with Gasteiger partial charge in [0, 0.05) is 0 Å². The standard InChI is InChI=1S/C7H10O3/c1-3-2-4(8)6-7(10-6)5(3)9/h2,4-9H,1H3/t4-,5+,6-,7+/m1/s1. The van der Waals surface area contributed by atoms with Crippen molar-refractivity contribution in [2.24, 2.45) is 0 Å². The quantitative estimate of drug-likeness (QED) is 0.352. The van der Waals surface area contributed by atoms with Gasteiger partial charge in [0.25, 0.3) is 0 Å². The minimum Gasteiger partial charge on any atom is -0.386 e. The van der Waals surface area contributed by atoms with Crippen LogP contribution in [0.2, 0.25) is 0 Å². The van der Waals surface area contributed by atoms with Crippen LogP contribution in [0.25, 0.3) is 0 Å². The van der Waals surface area contributed by atoms with E-state index in [2.05, 4.69) is 0 Å². The van der Waals surface area contributed by atoms with Crippen LogP contribution in [0, 0.1) is 0 Å². The van der Waals surface area contributed by atoms with E-state index in [1.807, 2.05) is 0 Å². The van der Waals surface area contributed by atoms with Crippen LogP contribution >= 0.6 is 0 Å². The normalized spacial score (nSPS) is 51.7. The van der Waals surface area contributed by atoms with E-state index in [0.717, 1.165) is 5.57 Å². The van der Waals surface area contributed by atoms with Crippen molar-refractivity contribution in [1.29, 1.82) is 0 Å². The zero-order valence-corrected chi connectivity index (χ0v) is 5.69. The second-order valence-corrected chi connectivity index (χ2v) is 2.91. The maximum atomic E-state index is 9.30. The number of aliphatic hydroxyl groups excluding tert-OH is 2. The lowest BCUT2D eigenvalue weighted by molar-refractivity contribution is 0.163. The molecule has 4 atom stereocenters. The van der Waals surface area contributed by atoms with Crippen LogP contribution in [0.1, 0.15) is 6.92 Å². The summed E-state index contributed by atoms with van der Waals surface area (Å²) in [6.07, 6.45) is 0.374. The number of aliphatic hydroxyl groups is 2. The minimum atomic E-state index is -0.506.